The van der Waals surface area contributed by atoms with Crippen LogP contribution in [0.5, 0.6) is 11.5 Å². The second-order valence-corrected chi connectivity index (χ2v) is 4.48. The summed E-state index contributed by atoms with van der Waals surface area (Å²) in [6.45, 7) is 8.54. The van der Waals surface area contributed by atoms with E-state index in [1.54, 1.807) is 0 Å². The van der Waals surface area contributed by atoms with Gasteiger partial charge in [0.15, 0.2) is 0 Å². The molecule has 0 radical (unpaired) electrons. The van der Waals surface area contributed by atoms with Gasteiger partial charge in [-0.3, -0.25) is 0 Å². The van der Waals surface area contributed by atoms with Crippen LogP contribution < -0.4 is 4.74 Å². The number of ether oxygens (including phenoxy) is 1. The smallest absolute Gasteiger partial charge is 0.130 e. The fourth-order valence-electron chi connectivity index (χ4n) is 1.90. The van der Waals surface area contributed by atoms with Crippen molar-refractivity contribution in [1.29, 1.82) is 0 Å². The van der Waals surface area contributed by atoms with Crippen molar-refractivity contribution in [2.75, 3.05) is 0 Å². The molecule has 1 nitrogen and oxygen atoms in total. The first-order chi connectivity index (χ1) is 8.09. The van der Waals surface area contributed by atoms with E-state index >= 15 is 0 Å². The summed E-state index contributed by atoms with van der Waals surface area (Å²) in [5, 5.41) is 0. The summed E-state index contributed by atoms with van der Waals surface area (Å²) in [5.41, 5.74) is 5.16. The number of aryl methyl sites for hydroxylation is 1. The summed E-state index contributed by atoms with van der Waals surface area (Å²) >= 11 is 0. The Morgan fingerprint density at radius 2 is 1.41 bits per heavy atom. The minimum Gasteiger partial charge on any atom is -0.457 e. The van der Waals surface area contributed by atoms with Crippen LogP contribution in [0, 0.1) is 27.7 Å². The molecule has 0 aliphatic heterocycles. The average molecular weight is 226 g/mol. The number of hydrogen-bond acceptors (Lipinski definition) is 1. The van der Waals surface area contributed by atoms with Crippen LogP contribution in [-0.2, 0) is 0 Å². The van der Waals surface area contributed by atoms with Gasteiger partial charge in [-0.15, -0.1) is 0 Å². The Morgan fingerprint density at radius 1 is 0.765 bits per heavy atom. The third kappa shape index (κ3) is 2.33. The molecule has 0 unspecified atom stereocenters. The van der Waals surface area contributed by atoms with Crippen molar-refractivity contribution in [3.05, 3.63) is 58.7 Å². The third-order valence-corrected chi connectivity index (χ3v) is 3.40. The van der Waals surface area contributed by atoms with Gasteiger partial charge in [0.2, 0.25) is 0 Å². The largest absolute Gasteiger partial charge is 0.457 e. The molecule has 0 amide bonds. The summed E-state index contributed by atoms with van der Waals surface area (Å²) in [6.07, 6.45) is 0. The SMILES string of the molecule is Cc1cc(Oc2ccccc2)c(C)c(C)c1C. The fourth-order valence-corrected chi connectivity index (χ4v) is 1.90. The first-order valence-electron chi connectivity index (χ1n) is 5.90. The van der Waals surface area contributed by atoms with E-state index in [9.17, 15) is 0 Å². The second-order valence-electron chi connectivity index (χ2n) is 4.48. The Labute approximate surface area is 103 Å². The molecule has 0 heterocycles. The van der Waals surface area contributed by atoms with Crippen molar-refractivity contribution in [1.82, 2.24) is 0 Å². The highest BCUT2D eigenvalue weighted by Gasteiger charge is 2.08. The number of rotatable bonds is 2. The molecular weight excluding hydrogens is 208 g/mol. The van der Waals surface area contributed by atoms with Gasteiger partial charge in [-0.05, 0) is 68.1 Å². The first kappa shape index (κ1) is 11.7. The van der Waals surface area contributed by atoms with Gasteiger partial charge < -0.3 is 4.74 Å². The predicted molar refractivity (Wildman–Crippen MR) is 71.9 cm³/mol. The Hall–Kier alpha value is -1.76. The second kappa shape index (κ2) is 4.62. The van der Waals surface area contributed by atoms with E-state index in [4.69, 9.17) is 4.74 Å². The van der Waals surface area contributed by atoms with Crippen LogP contribution in [0.25, 0.3) is 0 Å². The topological polar surface area (TPSA) is 9.23 Å². The summed E-state index contributed by atoms with van der Waals surface area (Å²) < 4.78 is 5.93. The predicted octanol–water partition coefficient (Wildman–Crippen LogP) is 4.71. The molecule has 0 saturated heterocycles. The van der Waals surface area contributed by atoms with E-state index in [1.165, 1.54) is 22.3 Å². The molecule has 2 rings (SSSR count). The summed E-state index contributed by atoms with van der Waals surface area (Å²) in [6, 6.07) is 12.0. The van der Waals surface area contributed by atoms with Crippen LogP contribution in [0.3, 0.4) is 0 Å². The highest BCUT2D eigenvalue weighted by molar-refractivity contribution is 5.48. The van der Waals surface area contributed by atoms with Crippen molar-refractivity contribution in [2.45, 2.75) is 27.7 Å². The Bertz CT molecular complexity index is 527. The van der Waals surface area contributed by atoms with Gasteiger partial charge in [-0.25, -0.2) is 0 Å². The standard InChI is InChI=1S/C16H18O/c1-11-10-16(14(4)13(3)12(11)2)17-15-8-6-5-7-9-15/h5-10H,1-4H3. The van der Waals surface area contributed by atoms with Gasteiger partial charge in [-0.2, -0.15) is 0 Å². The zero-order valence-electron chi connectivity index (χ0n) is 10.9. The van der Waals surface area contributed by atoms with E-state index in [0.29, 0.717) is 0 Å². The third-order valence-electron chi connectivity index (χ3n) is 3.40. The van der Waals surface area contributed by atoms with Gasteiger partial charge in [0.25, 0.3) is 0 Å². The van der Waals surface area contributed by atoms with E-state index in [-0.39, 0.29) is 0 Å². The monoisotopic (exact) mass is 226 g/mol. The van der Waals surface area contributed by atoms with Crippen molar-refractivity contribution in [3.8, 4) is 11.5 Å². The van der Waals surface area contributed by atoms with Gasteiger partial charge in [-0.1, -0.05) is 18.2 Å². The zero-order valence-corrected chi connectivity index (χ0v) is 10.9. The molecule has 2 aromatic rings. The molecule has 0 fully saturated rings. The van der Waals surface area contributed by atoms with Crippen LogP contribution in [0.4, 0.5) is 0 Å². The highest BCUT2D eigenvalue weighted by Crippen LogP contribution is 2.30. The lowest BCUT2D eigenvalue weighted by molar-refractivity contribution is 0.477. The molecule has 2 aromatic carbocycles. The summed E-state index contributed by atoms with van der Waals surface area (Å²) in [7, 11) is 0. The highest BCUT2D eigenvalue weighted by atomic mass is 16.5. The van der Waals surface area contributed by atoms with E-state index in [2.05, 4.69) is 33.8 Å². The maximum absolute atomic E-state index is 5.93. The minimum absolute atomic E-state index is 0.887. The maximum Gasteiger partial charge on any atom is 0.130 e. The number of hydrogen-bond donors (Lipinski definition) is 0. The maximum atomic E-state index is 5.93. The zero-order chi connectivity index (χ0) is 12.4. The van der Waals surface area contributed by atoms with Crippen molar-refractivity contribution in [3.63, 3.8) is 0 Å². The van der Waals surface area contributed by atoms with Crippen LogP contribution in [0.15, 0.2) is 36.4 Å². The fraction of sp³-hybridized carbons (Fsp3) is 0.250. The average Bonchev–Trinajstić information content (AvgIpc) is 2.35. The molecule has 17 heavy (non-hydrogen) atoms. The number of para-hydroxylation sites is 1. The van der Waals surface area contributed by atoms with Gasteiger partial charge in [0.1, 0.15) is 11.5 Å². The normalized spacial score (nSPS) is 10.4. The number of benzene rings is 2. The molecule has 0 atom stereocenters. The van der Waals surface area contributed by atoms with Gasteiger partial charge in [0, 0.05) is 0 Å². The van der Waals surface area contributed by atoms with Crippen molar-refractivity contribution in [2.24, 2.45) is 0 Å². The quantitative estimate of drug-likeness (QED) is 0.720. The van der Waals surface area contributed by atoms with Crippen LogP contribution in [0.2, 0.25) is 0 Å². The van der Waals surface area contributed by atoms with Crippen molar-refractivity contribution < 1.29 is 4.74 Å². The molecule has 0 aliphatic carbocycles. The molecule has 0 aromatic heterocycles. The van der Waals surface area contributed by atoms with Crippen molar-refractivity contribution >= 4 is 0 Å². The molecule has 1 heteroatoms. The van der Waals surface area contributed by atoms with Gasteiger partial charge in [0.05, 0.1) is 0 Å². The van der Waals surface area contributed by atoms with E-state index in [0.717, 1.165) is 11.5 Å². The molecule has 0 bridgehead atoms. The van der Waals surface area contributed by atoms with Crippen LogP contribution in [-0.4, -0.2) is 0 Å². The Balaban J connectivity index is 2.41. The lowest BCUT2D eigenvalue weighted by Gasteiger charge is -2.14. The van der Waals surface area contributed by atoms with E-state index in [1.807, 2.05) is 30.3 Å². The lowest BCUT2D eigenvalue weighted by Crippen LogP contribution is -1.95. The summed E-state index contributed by atoms with van der Waals surface area (Å²) in [5.74, 6) is 1.84. The molecule has 0 aliphatic rings. The first-order valence-corrected chi connectivity index (χ1v) is 5.90. The summed E-state index contributed by atoms with van der Waals surface area (Å²) in [4.78, 5) is 0. The lowest BCUT2D eigenvalue weighted by atomic mass is 9.99. The Morgan fingerprint density at radius 3 is 2.06 bits per heavy atom. The minimum atomic E-state index is 0.887. The van der Waals surface area contributed by atoms with Crippen LogP contribution >= 0.6 is 0 Å². The molecule has 0 spiro atoms. The molecular formula is C16H18O. The molecule has 0 N–H and O–H groups in total. The molecule has 0 saturated carbocycles. The van der Waals surface area contributed by atoms with Gasteiger partial charge >= 0.3 is 0 Å². The Kier molecular flexibility index (Phi) is 3.19. The van der Waals surface area contributed by atoms with E-state index < -0.39 is 0 Å². The molecule has 88 valence electrons. The van der Waals surface area contributed by atoms with Crippen LogP contribution in [0.1, 0.15) is 22.3 Å².